The fourth-order valence-electron chi connectivity index (χ4n) is 3.34. The molecule has 1 unspecified atom stereocenters. The number of aromatic amines is 1. The molecule has 26 heavy (non-hydrogen) atoms. The van der Waals surface area contributed by atoms with Gasteiger partial charge >= 0.3 is 0 Å². The number of carbonyl (C=O) groups is 1. The van der Waals surface area contributed by atoms with Crippen LogP contribution in [0, 0.1) is 0 Å². The van der Waals surface area contributed by atoms with Crippen LogP contribution in [0.15, 0.2) is 24.3 Å². The summed E-state index contributed by atoms with van der Waals surface area (Å²) in [5, 5.41) is 2.99. The molecule has 7 nitrogen and oxygen atoms in total. The van der Waals surface area contributed by atoms with Gasteiger partial charge in [0.15, 0.2) is 0 Å². The van der Waals surface area contributed by atoms with Gasteiger partial charge in [-0.3, -0.25) is 14.6 Å². The fraction of sp³-hybridized carbons (Fsp3) is 0.579. The van der Waals surface area contributed by atoms with Gasteiger partial charge in [-0.25, -0.2) is 4.98 Å². The molecule has 1 aromatic heterocycles. The Bertz CT molecular complexity index is 676. The minimum Gasteiger partial charge on any atom is -0.385 e. The number of nitrogens with zero attached hydrogens (tertiary/aromatic N) is 3. The van der Waals surface area contributed by atoms with E-state index in [0.717, 1.165) is 56.0 Å². The van der Waals surface area contributed by atoms with E-state index in [0.29, 0.717) is 13.2 Å². The molecule has 1 aliphatic heterocycles. The van der Waals surface area contributed by atoms with Gasteiger partial charge < -0.3 is 15.0 Å². The van der Waals surface area contributed by atoms with Crippen molar-refractivity contribution < 1.29 is 9.53 Å². The van der Waals surface area contributed by atoms with Gasteiger partial charge in [0.1, 0.15) is 5.82 Å². The van der Waals surface area contributed by atoms with Crippen molar-refractivity contribution in [3.63, 3.8) is 0 Å². The topological polar surface area (TPSA) is 73.5 Å². The molecule has 2 N–H and O–H groups in total. The molecule has 3 rings (SSSR count). The van der Waals surface area contributed by atoms with Gasteiger partial charge in [0.25, 0.3) is 0 Å². The molecule has 1 atom stereocenters. The van der Waals surface area contributed by atoms with E-state index in [2.05, 4.69) is 31.2 Å². The smallest absolute Gasteiger partial charge is 0.237 e. The van der Waals surface area contributed by atoms with E-state index in [-0.39, 0.29) is 11.9 Å². The Labute approximate surface area is 154 Å². The van der Waals surface area contributed by atoms with Crippen LogP contribution >= 0.6 is 0 Å². The monoisotopic (exact) mass is 359 g/mol. The zero-order valence-corrected chi connectivity index (χ0v) is 15.7. The molecule has 142 valence electrons. The van der Waals surface area contributed by atoms with Gasteiger partial charge in [0.05, 0.1) is 23.6 Å². The molecule has 1 aliphatic rings. The Morgan fingerprint density at radius 2 is 2.08 bits per heavy atom. The highest BCUT2D eigenvalue weighted by Crippen LogP contribution is 2.13. The Kier molecular flexibility index (Phi) is 6.60. The number of para-hydroxylation sites is 2. The average molecular weight is 359 g/mol. The van der Waals surface area contributed by atoms with Crippen LogP contribution < -0.4 is 5.32 Å². The summed E-state index contributed by atoms with van der Waals surface area (Å²) in [7, 11) is 1.68. The van der Waals surface area contributed by atoms with E-state index in [4.69, 9.17) is 4.74 Å². The summed E-state index contributed by atoms with van der Waals surface area (Å²) >= 11 is 0. The molecular formula is C19H29N5O2. The van der Waals surface area contributed by atoms with E-state index < -0.39 is 0 Å². The van der Waals surface area contributed by atoms with Crippen LogP contribution in [0.1, 0.15) is 19.2 Å². The highest BCUT2D eigenvalue weighted by Gasteiger charge is 2.25. The quantitative estimate of drug-likeness (QED) is 0.694. The molecule has 0 aliphatic carbocycles. The molecule has 1 amide bonds. The Hall–Kier alpha value is -1.96. The number of nitrogens with one attached hydrogen (secondary N) is 2. The SMILES string of the molecule is COCCCNC(=O)C(C)N1CCN(Cc2nc3ccccc3[nH]2)CC1. The normalized spacial score (nSPS) is 17.5. The van der Waals surface area contributed by atoms with Crippen molar-refractivity contribution in [1.29, 1.82) is 0 Å². The van der Waals surface area contributed by atoms with Gasteiger partial charge in [-0.1, -0.05) is 12.1 Å². The third-order valence-electron chi connectivity index (χ3n) is 4.97. The third kappa shape index (κ3) is 4.81. The summed E-state index contributed by atoms with van der Waals surface area (Å²) in [6.45, 7) is 7.83. The van der Waals surface area contributed by atoms with Gasteiger partial charge in [-0.2, -0.15) is 0 Å². The largest absolute Gasteiger partial charge is 0.385 e. The third-order valence-corrected chi connectivity index (χ3v) is 4.97. The van der Waals surface area contributed by atoms with E-state index >= 15 is 0 Å². The number of ether oxygens (including phenoxy) is 1. The molecule has 0 bridgehead atoms. The average Bonchev–Trinajstić information content (AvgIpc) is 3.07. The zero-order chi connectivity index (χ0) is 18.4. The number of hydrogen-bond donors (Lipinski definition) is 2. The minimum absolute atomic E-state index is 0.0918. The number of amides is 1. The van der Waals surface area contributed by atoms with Crippen molar-refractivity contribution in [2.24, 2.45) is 0 Å². The van der Waals surface area contributed by atoms with E-state index in [1.54, 1.807) is 7.11 Å². The standard InChI is InChI=1S/C19H29N5O2/c1-15(19(25)20-8-5-13-26-2)24-11-9-23(10-12-24)14-18-21-16-6-3-4-7-17(16)22-18/h3-4,6-7,15H,5,8-14H2,1-2H3,(H,20,25)(H,21,22). The first kappa shape index (κ1) is 18.8. The lowest BCUT2D eigenvalue weighted by molar-refractivity contribution is -0.126. The summed E-state index contributed by atoms with van der Waals surface area (Å²) in [4.78, 5) is 24.9. The number of benzene rings is 1. The number of H-pyrrole nitrogens is 1. The van der Waals surface area contributed by atoms with Crippen molar-refractivity contribution in [3.05, 3.63) is 30.1 Å². The number of fused-ring (bicyclic) bond motifs is 1. The van der Waals surface area contributed by atoms with Gasteiger partial charge in [0, 0.05) is 46.4 Å². The number of carbonyl (C=O) groups excluding carboxylic acids is 1. The molecule has 0 spiro atoms. The Balaban J connectivity index is 1.44. The summed E-state index contributed by atoms with van der Waals surface area (Å²) in [6.07, 6.45) is 0.847. The second kappa shape index (κ2) is 9.12. The van der Waals surface area contributed by atoms with Crippen molar-refractivity contribution in [3.8, 4) is 0 Å². The maximum atomic E-state index is 12.3. The van der Waals surface area contributed by atoms with Crippen LogP contribution in [0.2, 0.25) is 0 Å². The summed E-state index contributed by atoms with van der Waals surface area (Å²) < 4.78 is 5.01. The maximum absolute atomic E-state index is 12.3. The summed E-state index contributed by atoms with van der Waals surface area (Å²) in [5.41, 5.74) is 2.10. The van der Waals surface area contributed by atoms with Crippen molar-refractivity contribution in [2.45, 2.75) is 25.9 Å². The number of piperazine rings is 1. The Morgan fingerprint density at radius 3 is 2.81 bits per heavy atom. The van der Waals surface area contributed by atoms with E-state index in [1.807, 2.05) is 25.1 Å². The highest BCUT2D eigenvalue weighted by atomic mass is 16.5. The highest BCUT2D eigenvalue weighted by molar-refractivity contribution is 5.81. The van der Waals surface area contributed by atoms with Crippen LogP contribution in [-0.4, -0.2) is 78.2 Å². The number of rotatable bonds is 8. The first-order valence-electron chi connectivity index (χ1n) is 9.34. The van der Waals surface area contributed by atoms with Crippen LogP contribution in [0.25, 0.3) is 11.0 Å². The molecule has 0 saturated carbocycles. The molecule has 2 aromatic rings. The van der Waals surface area contributed by atoms with E-state index in [1.165, 1.54) is 0 Å². The number of imidazole rings is 1. The first-order chi connectivity index (χ1) is 12.7. The van der Waals surface area contributed by atoms with Crippen LogP contribution in [0.4, 0.5) is 0 Å². The van der Waals surface area contributed by atoms with Crippen molar-refractivity contribution in [1.82, 2.24) is 25.1 Å². The first-order valence-corrected chi connectivity index (χ1v) is 9.34. The van der Waals surface area contributed by atoms with Crippen LogP contribution in [0.5, 0.6) is 0 Å². The second-order valence-electron chi connectivity index (χ2n) is 6.83. The second-order valence-corrected chi connectivity index (χ2v) is 6.83. The van der Waals surface area contributed by atoms with Crippen molar-refractivity contribution in [2.75, 3.05) is 46.4 Å². The Morgan fingerprint density at radius 1 is 1.31 bits per heavy atom. The van der Waals surface area contributed by atoms with Gasteiger partial charge in [-0.05, 0) is 25.5 Å². The molecule has 1 aromatic carbocycles. The molecule has 7 heteroatoms. The summed E-state index contributed by atoms with van der Waals surface area (Å²) in [5.74, 6) is 1.11. The van der Waals surface area contributed by atoms with Gasteiger partial charge in [0.2, 0.25) is 5.91 Å². The predicted octanol–water partition coefficient (Wildman–Crippen LogP) is 1.22. The predicted molar refractivity (Wildman–Crippen MR) is 102 cm³/mol. The lowest BCUT2D eigenvalue weighted by Crippen LogP contribution is -2.53. The molecule has 1 saturated heterocycles. The number of methoxy groups -OCH3 is 1. The molecule has 0 radical (unpaired) electrons. The van der Waals surface area contributed by atoms with Crippen LogP contribution in [-0.2, 0) is 16.1 Å². The maximum Gasteiger partial charge on any atom is 0.237 e. The van der Waals surface area contributed by atoms with Crippen LogP contribution in [0.3, 0.4) is 0 Å². The van der Waals surface area contributed by atoms with E-state index in [9.17, 15) is 4.79 Å². The molecular weight excluding hydrogens is 330 g/mol. The molecule has 2 heterocycles. The molecule has 1 fully saturated rings. The zero-order valence-electron chi connectivity index (χ0n) is 15.7. The fourth-order valence-corrected chi connectivity index (χ4v) is 3.34. The number of aromatic nitrogens is 2. The van der Waals surface area contributed by atoms with Crippen molar-refractivity contribution >= 4 is 16.9 Å². The number of hydrogen-bond acceptors (Lipinski definition) is 5. The van der Waals surface area contributed by atoms with Gasteiger partial charge in [-0.15, -0.1) is 0 Å². The minimum atomic E-state index is -0.0918. The lowest BCUT2D eigenvalue weighted by atomic mass is 10.2. The lowest BCUT2D eigenvalue weighted by Gasteiger charge is -2.37. The summed E-state index contributed by atoms with van der Waals surface area (Å²) in [6, 6.07) is 8.01.